The highest BCUT2D eigenvalue weighted by molar-refractivity contribution is 6.01. The van der Waals surface area contributed by atoms with Crippen LogP contribution in [-0.4, -0.2) is 54.9 Å². The Kier molecular flexibility index (Phi) is 12.9. The molecule has 0 saturated heterocycles. The second kappa shape index (κ2) is 14.3. The molecule has 1 rings (SSSR count). The van der Waals surface area contributed by atoms with E-state index < -0.39 is 18.4 Å². The van der Waals surface area contributed by atoms with E-state index >= 15 is 0 Å². The molecule has 3 N–H and O–H groups in total. The number of nitrogens with one attached hydrogen (secondary N) is 2. The number of anilines is 1. The molecule has 1 amide bonds. The van der Waals surface area contributed by atoms with Gasteiger partial charge >= 0.3 is 5.97 Å². The number of carboxylic acids is 1. The van der Waals surface area contributed by atoms with Crippen LogP contribution < -0.4 is 10.6 Å². The lowest BCUT2D eigenvalue weighted by Crippen LogP contribution is -2.29. The van der Waals surface area contributed by atoms with Crippen molar-refractivity contribution in [3.63, 3.8) is 0 Å². The van der Waals surface area contributed by atoms with E-state index in [1.807, 2.05) is 13.8 Å². The first kappa shape index (κ1) is 25.3. The largest absolute Gasteiger partial charge is 0.480 e. The van der Waals surface area contributed by atoms with E-state index in [0.717, 1.165) is 0 Å². The molecule has 8 heteroatoms. The van der Waals surface area contributed by atoms with Gasteiger partial charge in [-0.05, 0) is 25.1 Å². The van der Waals surface area contributed by atoms with Crippen LogP contribution in [0.15, 0.2) is 18.2 Å². The molecule has 0 unspecified atom stereocenters. The van der Waals surface area contributed by atoms with E-state index in [2.05, 4.69) is 10.6 Å². The van der Waals surface area contributed by atoms with Gasteiger partial charge in [0, 0.05) is 36.2 Å². The van der Waals surface area contributed by atoms with Crippen LogP contribution in [-0.2, 0) is 14.3 Å². The molecule has 0 atom stereocenters. The van der Waals surface area contributed by atoms with Crippen LogP contribution in [0.1, 0.15) is 61.3 Å². The van der Waals surface area contributed by atoms with Gasteiger partial charge in [-0.15, -0.1) is 0 Å². The highest BCUT2D eigenvalue weighted by atomic mass is 16.5. The van der Waals surface area contributed by atoms with E-state index in [4.69, 9.17) is 9.84 Å². The van der Waals surface area contributed by atoms with E-state index in [1.54, 1.807) is 13.0 Å². The Hall–Kier alpha value is -2.74. The van der Waals surface area contributed by atoms with Gasteiger partial charge in [0.05, 0.1) is 13.2 Å². The quantitative estimate of drug-likeness (QED) is 0.368. The molecule has 0 fully saturated rings. The van der Waals surface area contributed by atoms with Gasteiger partial charge < -0.3 is 20.5 Å². The van der Waals surface area contributed by atoms with Crippen molar-refractivity contribution in [3.05, 3.63) is 29.3 Å². The summed E-state index contributed by atoms with van der Waals surface area (Å²) in [6.45, 7) is 7.82. The molecule has 0 bridgehead atoms. The number of carboxylic acid groups (broad SMARTS) is 1. The molecule has 0 aliphatic heterocycles. The predicted octanol–water partition coefficient (Wildman–Crippen LogP) is 2.53. The highest BCUT2D eigenvalue weighted by Gasteiger charge is 2.12. The van der Waals surface area contributed by atoms with E-state index in [9.17, 15) is 19.2 Å². The maximum absolute atomic E-state index is 12.0. The van der Waals surface area contributed by atoms with Gasteiger partial charge in [0.25, 0.3) is 5.91 Å². The fourth-order valence-electron chi connectivity index (χ4n) is 2.05. The summed E-state index contributed by atoms with van der Waals surface area (Å²) in [5.41, 5.74) is 1.08. The third kappa shape index (κ3) is 10.4. The summed E-state index contributed by atoms with van der Waals surface area (Å²) in [7, 11) is 0. The van der Waals surface area contributed by atoms with Gasteiger partial charge in [0.15, 0.2) is 5.78 Å². The number of ether oxygens (including phenoxy) is 1. The number of amides is 1. The summed E-state index contributed by atoms with van der Waals surface area (Å²) >= 11 is 0. The fourth-order valence-corrected chi connectivity index (χ4v) is 2.05. The lowest BCUT2D eigenvalue weighted by atomic mass is 10.1. The van der Waals surface area contributed by atoms with Crippen LogP contribution >= 0.6 is 0 Å². The van der Waals surface area contributed by atoms with E-state index in [0.29, 0.717) is 43.9 Å². The maximum atomic E-state index is 12.0. The first-order chi connectivity index (χ1) is 13.3. The number of hydrogen-bond donors (Lipinski definition) is 3. The number of Topliss-reactive ketones (excluding diaryl/α,β-unsaturated/α-hetero) is 2. The fraction of sp³-hybridized carbons (Fsp3) is 0.500. The van der Waals surface area contributed by atoms with Gasteiger partial charge in [-0.3, -0.25) is 19.2 Å². The summed E-state index contributed by atoms with van der Waals surface area (Å²) in [5, 5.41) is 13.9. The minimum atomic E-state index is -1.15. The van der Waals surface area contributed by atoms with Crippen molar-refractivity contribution < 1.29 is 29.0 Å². The van der Waals surface area contributed by atoms with Crippen molar-refractivity contribution in [3.8, 4) is 0 Å². The van der Waals surface area contributed by atoms with Crippen molar-refractivity contribution in [2.24, 2.45) is 0 Å². The van der Waals surface area contributed by atoms with Gasteiger partial charge in [-0.2, -0.15) is 0 Å². The lowest BCUT2D eigenvalue weighted by Gasteiger charge is -2.11. The molecule has 156 valence electrons. The molecule has 0 aromatic heterocycles. The first-order valence-corrected chi connectivity index (χ1v) is 9.32. The van der Waals surface area contributed by atoms with Crippen LogP contribution in [0.3, 0.4) is 0 Å². The van der Waals surface area contributed by atoms with Crippen molar-refractivity contribution >= 4 is 29.1 Å². The number of hydrogen-bond acceptors (Lipinski definition) is 6. The van der Waals surface area contributed by atoms with Crippen molar-refractivity contribution in [1.82, 2.24) is 5.32 Å². The average Bonchev–Trinajstić information content (AvgIpc) is 2.69. The third-order valence-electron chi connectivity index (χ3n) is 3.50. The number of ketones is 2. The zero-order valence-corrected chi connectivity index (χ0v) is 17.0. The standard InChI is InChI=1S/C18H24N2O6.C2H6/c1-3-16(22)4-6-26-7-5-19-15-9-13(12(2)21)8-14(10-15)18(25)20-11-17(23)24;1-2/h8-10,19H,3-7,11H2,1-2H3,(H,20,25)(H,23,24);1-2H3. The molecule has 28 heavy (non-hydrogen) atoms. The Labute approximate surface area is 165 Å². The van der Waals surface area contributed by atoms with Crippen LogP contribution in [0.2, 0.25) is 0 Å². The summed E-state index contributed by atoms with van der Waals surface area (Å²) < 4.78 is 5.35. The molecule has 0 heterocycles. The monoisotopic (exact) mass is 394 g/mol. The number of carbonyl (C=O) groups is 4. The summed E-state index contributed by atoms with van der Waals surface area (Å²) in [6, 6.07) is 4.55. The number of rotatable bonds is 12. The molecule has 0 aliphatic rings. The van der Waals surface area contributed by atoms with E-state index in [-0.39, 0.29) is 17.1 Å². The second-order valence-electron chi connectivity index (χ2n) is 5.61. The number of aliphatic carboxylic acids is 1. The van der Waals surface area contributed by atoms with Gasteiger partial charge in [0.2, 0.25) is 0 Å². The van der Waals surface area contributed by atoms with Crippen LogP contribution in [0.4, 0.5) is 5.69 Å². The molecule has 1 aromatic carbocycles. The third-order valence-corrected chi connectivity index (χ3v) is 3.50. The second-order valence-corrected chi connectivity index (χ2v) is 5.61. The van der Waals surface area contributed by atoms with Crippen molar-refractivity contribution in [1.29, 1.82) is 0 Å². The number of carbonyl (C=O) groups excluding carboxylic acids is 3. The molecule has 0 radical (unpaired) electrons. The Balaban J connectivity index is 0.00000352. The molecule has 0 spiro atoms. The minimum absolute atomic E-state index is 0.143. The Morgan fingerprint density at radius 1 is 1.04 bits per heavy atom. The highest BCUT2D eigenvalue weighted by Crippen LogP contribution is 2.16. The van der Waals surface area contributed by atoms with Gasteiger partial charge in [-0.25, -0.2) is 0 Å². The van der Waals surface area contributed by atoms with Crippen LogP contribution in [0, 0.1) is 0 Å². The van der Waals surface area contributed by atoms with Gasteiger partial charge in [-0.1, -0.05) is 20.8 Å². The predicted molar refractivity (Wildman–Crippen MR) is 107 cm³/mol. The molecule has 1 aromatic rings. The molecule has 0 aliphatic carbocycles. The molecular formula is C20H30N2O6. The summed E-state index contributed by atoms with van der Waals surface area (Å²) in [4.78, 5) is 45.4. The molecular weight excluding hydrogens is 364 g/mol. The van der Waals surface area contributed by atoms with E-state index in [1.165, 1.54) is 19.1 Å². The maximum Gasteiger partial charge on any atom is 0.322 e. The number of benzene rings is 1. The molecule has 0 saturated carbocycles. The molecule has 8 nitrogen and oxygen atoms in total. The Bertz CT molecular complexity index is 673. The Morgan fingerprint density at radius 2 is 1.68 bits per heavy atom. The van der Waals surface area contributed by atoms with Crippen molar-refractivity contribution in [2.75, 3.05) is 31.6 Å². The zero-order chi connectivity index (χ0) is 21.5. The topological polar surface area (TPSA) is 122 Å². The van der Waals surface area contributed by atoms with Crippen molar-refractivity contribution in [2.45, 2.75) is 40.5 Å². The lowest BCUT2D eigenvalue weighted by molar-refractivity contribution is -0.135. The zero-order valence-electron chi connectivity index (χ0n) is 17.0. The average molecular weight is 394 g/mol. The SMILES string of the molecule is CC.CCC(=O)CCOCCNc1cc(C(C)=O)cc(C(=O)NCC(=O)O)c1. The van der Waals surface area contributed by atoms with Crippen LogP contribution in [0.25, 0.3) is 0 Å². The minimum Gasteiger partial charge on any atom is -0.480 e. The summed E-state index contributed by atoms with van der Waals surface area (Å²) in [6.07, 6.45) is 0.871. The summed E-state index contributed by atoms with van der Waals surface area (Å²) in [5.74, 6) is -1.80. The normalized spacial score (nSPS) is 9.71. The van der Waals surface area contributed by atoms with Crippen LogP contribution in [0.5, 0.6) is 0 Å². The van der Waals surface area contributed by atoms with Gasteiger partial charge in [0.1, 0.15) is 12.3 Å². The smallest absolute Gasteiger partial charge is 0.322 e. The Morgan fingerprint density at radius 3 is 2.25 bits per heavy atom. The first-order valence-electron chi connectivity index (χ1n) is 9.32.